The number of hydrogen-bond acceptors (Lipinski definition) is 4. The maximum absolute atomic E-state index is 14.4. The van der Waals surface area contributed by atoms with Crippen LogP contribution in [0.4, 0.5) is 0 Å². The molecule has 34 heavy (non-hydrogen) atoms. The summed E-state index contributed by atoms with van der Waals surface area (Å²) in [5.74, 6) is -1.01. The summed E-state index contributed by atoms with van der Waals surface area (Å²) in [5.41, 5.74) is -0.477. The number of likely N-dealkylation sites (N-methyl/N-ethyl adjacent to an activating group) is 1. The molecule has 6 rings (SSSR count). The summed E-state index contributed by atoms with van der Waals surface area (Å²) in [6.45, 7) is 0.432. The van der Waals surface area contributed by atoms with Crippen LogP contribution in [0.15, 0.2) is 84.9 Å². The quantitative estimate of drug-likeness (QED) is 0.575. The van der Waals surface area contributed by atoms with E-state index in [1.807, 2.05) is 72.6 Å². The third-order valence-corrected chi connectivity index (χ3v) is 8.46. The van der Waals surface area contributed by atoms with E-state index in [-0.39, 0.29) is 17.5 Å². The number of hydrogen-bond donors (Lipinski definition) is 0. The molecule has 3 atom stereocenters. The summed E-state index contributed by atoms with van der Waals surface area (Å²) in [4.78, 5) is 46.2. The third kappa shape index (κ3) is 2.04. The number of ketones is 2. The van der Waals surface area contributed by atoms with Gasteiger partial charge in [0.25, 0.3) is 0 Å². The number of carbonyl (C=O) groups is 3. The Hall–Kier alpha value is -3.57. The Balaban J connectivity index is 1.74. The van der Waals surface area contributed by atoms with Crippen molar-refractivity contribution in [2.24, 2.45) is 5.92 Å². The third-order valence-electron chi connectivity index (χ3n) is 8.46. The van der Waals surface area contributed by atoms with Crippen LogP contribution in [0.5, 0.6) is 0 Å². The van der Waals surface area contributed by atoms with Crippen molar-refractivity contribution in [1.29, 1.82) is 0 Å². The van der Waals surface area contributed by atoms with Crippen LogP contribution in [-0.2, 0) is 15.6 Å². The molecule has 0 bridgehead atoms. The van der Waals surface area contributed by atoms with Crippen molar-refractivity contribution in [3.63, 3.8) is 0 Å². The van der Waals surface area contributed by atoms with Crippen LogP contribution >= 0.6 is 0 Å². The molecular weight excluding hydrogens is 424 g/mol. The summed E-state index contributed by atoms with van der Waals surface area (Å²) < 4.78 is 0. The predicted octanol–water partition coefficient (Wildman–Crippen LogP) is 3.34. The summed E-state index contributed by atoms with van der Waals surface area (Å²) in [5, 5.41) is 0. The summed E-state index contributed by atoms with van der Waals surface area (Å²) in [6.07, 6.45) is 0. The van der Waals surface area contributed by atoms with Crippen LogP contribution in [0, 0.1) is 5.92 Å². The van der Waals surface area contributed by atoms with Gasteiger partial charge in [-0.1, -0.05) is 84.9 Å². The van der Waals surface area contributed by atoms with E-state index in [1.165, 1.54) is 0 Å². The highest BCUT2D eigenvalue weighted by Gasteiger charge is 2.95. The molecule has 1 saturated carbocycles. The molecule has 1 heterocycles. The minimum atomic E-state index is -1.48. The monoisotopic (exact) mass is 450 g/mol. The van der Waals surface area contributed by atoms with E-state index in [9.17, 15) is 14.4 Å². The first kappa shape index (κ1) is 21.0. The SMILES string of the molecule is CN(C)C(=O)[C@@H]1[C@@]2(c3ccccc3)CN(C)C3(C(=O)c4ccccc4C3=O)[C@@]12c1ccccc1. The molecule has 1 amide bonds. The number of carbonyl (C=O) groups excluding carboxylic acids is 3. The van der Waals surface area contributed by atoms with Gasteiger partial charge in [-0.05, 0) is 18.2 Å². The van der Waals surface area contributed by atoms with Gasteiger partial charge >= 0.3 is 0 Å². The smallest absolute Gasteiger partial charge is 0.227 e. The molecule has 0 unspecified atom stereocenters. The fraction of sp³-hybridized carbons (Fsp3) is 0.276. The van der Waals surface area contributed by atoms with E-state index in [0.717, 1.165) is 11.1 Å². The lowest BCUT2D eigenvalue weighted by Crippen LogP contribution is -2.61. The van der Waals surface area contributed by atoms with E-state index in [1.54, 1.807) is 43.3 Å². The molecule has 0 N–H and O–H groups in total. The van der Waals surface area contributed by atoms with Crippen LogP contribution in [0.3, 0.4) is 0 Å². The van der Waals surface area contributed by atoms with Gasteiger partial charge in [0.15, 0.2) is 17.1 Å². The van der Waals surface area contributed by atoms with Gasteiger partial charge in [0.05, 0.1) is 11.3 Å². The lowest BCUT2D eigenvalue weighted by molar-refractivity contribution is -0.131. The largest absolute Gasteiger partial charge is 0.349 e. The van der Waals surface area contributed by atoms with Gasteiger partial charge in [-0.2, -0.15) is 0 Å². The van der Waals surface area contributed by atoms with Gasteiger partial charge in [0, 0.05) is 37.2 Å². The molecule has 3 aromatic carbocycles. The summed E-state index contributed by atoms with van der Waals surface area (Å²) >= 11 is 0. The molecule has 0 radical (unpaired) electrons. The van der Waals surface area contributed by atoms with Crippen molar-refractivity contribution >= 4 is 17.5 Å². The number of likely N-dealkylation sites (tertiary alicyclic amines) is 1. The van der Waals surface area contributed by atoms with Crippen molar-refractivity contribution in [3.05, 3.63) is 107 Å². The van der Waals surface area contributed by atoms with Gasteiger partial charge in [-0.25, -0.2) is 0 Å². The van der Waals surface area contributed by atoms with Crippen molar-refractivity contribution < 1.29 is 14.4 Å². The summed E-state index contributed by atoms with van der Waals surface area (Å²) in [7, 11) is 5.36. The van der Waals surface area contributed by atoms with Crippen molar-refractivity contribution in [2.75, 3.05) is 27.7 Å². The topological polar surface area (TPSA) is 57.7 Å². The highest BCUT2D eigenvalue weighted by Crippen LogP contribution is 2.81. The predicted molar refractivity (Wildman–Crippen MR) is 129 cm³/mol. The number of benzene rings is 3. The Morgan fingerprint density at radius 3 is 1.76 bits per heavy atom. The van der Waals surface area contributed by atoms with Crippen LogP contribution in [-0.4, -0.2) is 60.5 Å². The van der Waals surface area contributed by atoms with Gasteiger partial charge in [-0.3, -0.25) is 19.3 Å². The fourth-order valence-corrected chi connectivity index (χ4v) is 7.36. The van der Waals surface area contributed by atoms with Gasteiger partial charge in [0.1, 0.15) is 0 Å². The minimum absolute atomic E-state index is 0.0586. The number of rotatable bonds is 3. The minimum Gasteiger partial charge on any atom is -0.349 e. The number of amides is 1. The molecule has 1 saturated heterocycles. The molecule has 2 aliphatic carbocycles. The number of fused-ring (bicyclic) bond motifs is 3. The zero-order valence-corrected chi connectivity index (χ0v) is 19.5. The fourth-order valence-electron chi connectivity index (χ4n) is 7.36. The molecule has 1 spiro atoms. The second kappa shape index (κ2) is 6.73. The van der Waals surface area contributed by atoms with Crippen molar-refractivity contribution in [1.82, 2.24) is 9.80 Å². The summed E-state index contributed by atoms with van der Waals surface area (Å²) in [6, 6.07) is 26.8. The first-order valence-corrected chi connectivity index (χ1v) is 11.6. The van der Waals surface area contributed by atoms with E-state index in [0.29, 0.717) is 17.7 Å². The second-order valence-electron chi connectivity index (χ2n) is 9.95. The van der Waals surface area contributed by atoms with E-state index in [2.05, 4.69) is 0 Å². The Morgan fingerprint density at radius 2 is 1.26 bits per heavy atom. The van der Waals surface area contributed by atoms with Crippen LogP contribution in [0.25, 0.3) is 0 Å². The lowest BCUT2D eigenvalue weighted by Gasteiger charge is -2.39. The second-order valence-corrected chi connectivity index (χ2v) is 9.95. The first-order chi connectivity index (χ1) is 16.4. The highest BCUT2D eigenvalue weighted by molar-refractivity contribution is 6.35. The Labute approximate surface area is 199 Å². The molecule has 5 heteroatoms. The average molecular weight is 451 g/mol. The van der Waals surface area contributed by atoms with E-state index < -0.39 is 22.3 Å². The maximum atomic E-state index is 14.4. The Kier molecular flexibility index (Phi) is 4.16. The standard InChI is InChI=1S/C29H26N2O3/c1-30(2)26(34)23-27(19-12-6-4-7-13-19)18-31(3)29(28(23,27)20-14-8-5-9-15-20)24(32)21-16-10-11-17-22(21)25(29)33/h4-17,23H,18H2,1-3H3/t23-,27+,28+/m1/s1. The molecule has 170 valence electrons. The molecule has 3 aromatic rings. The molecule has 2 fully saturated rings. The van der Waals surface area contributed by atoms with Crippen LogP contribution < -0.4 is 0 Å². The molecule has 3 aliphatic rings. The first-order valence-electron chi connectivity index (χ1n) is 11.6. The number of Topliss-reactive ketones (excluding diaryl/α,β-unsaturated/α-hetero) is 2. The van der Waals surface area contributed by atoms with Crippen molar-refractivity contribution in [3.8, 4) is 0 Å². The van der Waals surface area contributed by atoms with E-state index in [4.69, 9.17) is 0 Å². The lowest BCUT2D eigenvalue weighted by atomic mass is 9.68. The zero-order valence-electron chi connectivity index (χ0n) is 19.5. The van der Waals surface area contributed by atoms with Gasteiger partial charge in [0.2, 0.25) is 5.91 Å². The normalized spacial score (nSPS) is 28.6. The zero-order chi connectivity index (χ0) is 23.9. The van der Waals surface area contributed by atoms with Gasteiger partial charge in [-0.15, -0.1) is 0 Å². The average Bonchev–Trinajstić information content (AvgIpc) is 3.30. The van der Waals surface area contributed by atoms with E-state index >= 15 is 0 Å². The number of nitrogens with zero attached hydrogens (tertiary/aromatic N) is 2. The molecule has 1 aliphatic heterocycles. The van der Waals surface area contributed by atoms with Gasteiger partial charge < -0.3 is 4.90 Å². The Bertz CT molecular complexity index is 1320. The molecule has 5 nitrogen and oxygen atoms in total. The molecular formula is C29H26N2O3. The van der Waals surface area contributed by atoms with Crippen LogP contribution in [0.1, 0.15) is 31.8 Å². The van der Waals surface area contributed by atoms with Crippen LogP contribution in [0.2, 0.25) is 0 Å². The highest BCUT2D eigenvalue weighted by atomic mass is 16.2. The van der Waals surface area contributed by atoms with Crippen molar-refractivity contribution in [2.45, 2.75) is 16.4 Å². The number of piperidine rings is 1. The molecule has 0 aromatic heterocycles. The Morgan fingerprint density at radius 1 is 0.794 bits per heavy atom. The maximum Gasteiger partial charge on any atom is 0.227 e.